The summed E-state index contributed by atoms with van der Waals surface area (Å²) in [7, 11) is 1.26. The van der Waals surface area contributed by atoms with Gasteiger partial charge in [-0.25, -0.2) is 9.59 Å². The Labute approximate surface area is 205 Å². The lowest BCUT2D eigenvalue weighted by atomic mass is 9.91. The molecule has 0 aliphatic rings. The number of carbonyl (C=O) groups excluding carboxylic acids is 4. The summed E-state index contributed by atoms with van der Waals surface area (Å²) in [5.74, 6) is -1.01. The van der Waals surface area contributed by atoms with Crippen LogP contribution in [0.1, 0.15) is 46.6 Å². The van der Waals surface area contributed by atoms with Gasteiger partial charge >= 0.3 is 24.2 Å². The molecule has 1 aromatic rings. The molecule has 1 rings (SSSR count). The van der Waals surface area contributed by atoms with Crippen LogP contribution >= 0.6 is 0 Å². The van der Waals surface area contributed by atoms with E-state index in [1.807, 2.05) is 6.92 Å². The Morgan fingerprint density at radius 2 is 1.51 bits per heavy atom. The van der Waals surface area contributed by atoms with Gasteiger partial charge in [-0.15, -0.1) is 0 Å². The molecule has 1 N–H and O–H groups in total. The first-order chi connectivity index (χ1) is 16.6. The molecule has 35 heavy (non-hydrogen) atoms. The highest BCUT2D eigenvalue weighted by Gasteiger charge is 2.27. The SMILES string of the molecule is CCOC(=O)Oc1ccc(C[C@H](NCCOC(=O)C(C)(C)CC)C(=O)OC)cc1OC(=O)OCC. The minimum atomic E-state index is -0.988. The molecule has 196 valence electrons. The van der Waals surface area contributed by atoms with Crippen LogP contribution in [0.25, 0.3) is 0 Å². The summed E-state index contributed by atoms with van der Waals surface area (Å²) >= 11 is 0. The average Bonchev–Trinajstić information content (AvgIpc) is 2.82. The molecule has 11 nitrogen and oxygen atoms in total. The second kappa shape index (κ2) is 14.8. The lowest BCUT2D eigenvalue weighted by Gasteiger charge is -2.21. The Hall–Kier alpha value is -3.34. The fourth-order valence-corrected chi connectivity index (χ4v) is 2.65. The summed E-state index contributed by atoms with van der Waals surface area (Å²) in [5, 5.41) is 3.00. The first-order valence-corrected chi connectivity index (χ1v) is 11.4. The quantitative estimate of drug-likeness (QED) is 0.186. The van der Waals surface area contributed by atoms with E-state index in [4.69, 9.17) is 28.4 Å². The molecule has 0 heterocycles. The Morgan fingerprint density at radius 3 is 2.06 bits per heavy atom. The van der Waals surface area contributed by atoms with Crippen molar-refractivity contribution in [3.05, 3.63) is 23.8 Å². The van der Waals surface area contributed by atoms with Gasteiger partial charge in [0.25, 0.3) is 0 Å². The van der Waals surface area contributed by atoms with Crippen molar-refractivity contribution in [2.75, 3.05) is 33.5 Å². The summed E-state index contributed by atoms with van der Waals surface area (Å²) in [6.45, 7) is 9.18. The minimum Gasteiger partial charge on any atom is -0.468 e. The van der Waals surface area contributed by atoms with Crippen molar-refractivity contribution < 1.29 is 47.6 Å². The van der Waals surface area contributed by atoms with E-state index < -0.39 is 29.7 Å². The van der Waals surface area contributed by atoms with Crippen LogP contribution in [0, 0.1) is 5.41 Å². The van der Waals surface area contributed by atoms with Gasteiger partial charge in [-0.05, 0) is 58.2 Å². The zero-order chi connectivity index (χ0) is 26.4. The summed E-state index contributed by atoms with van der Waals surface area (Å²) in [6.07, 6.45) is -1.18. The van der Waals surface area contributed by atoms with Gasteiger partial charge < -0.3 is 33.7 Å². The van der Waals surface area contributed by atoms with Crippen molar-refractivity contribution in [2.24, 2.45) is 5.41 Å². The number of nitrogens with one attached hydrogen (secondary N) is 1. The highest BCUT2D eigenvalue weighted by atomic mass is 16.7. The van der Waals surface area contributed by atoms with Gasteiger partial charge in [0.15, 0.2) is 11.5 Å². The van der Waals surface area contributed by atoms with Crippen LogP contribution in [0.2, 0.25) is 0 Å². The smallest absolute Gasteiger partial charge is 0.468 e. The fourth-order valence-electron chi connectivity index (χ4n) is 2.65. The van der Waals surface area contributed by atoms with Crippen LogP contribution in [-0.4, -0.2) is 63.8 Å². The molecule has 0 bridgehead atoms. The van der Waals surface area contributed by atoms with E-state index in [2.05, 4.69) is 5.32 Å². The van der Waals surface area contributed by atoms with Gasteiger partial charge in [0, 0.05) is 6.54 Å². The van der Waals surface area contributed by atoms with Crippen LogP contribution in [0.15, 0.2) is 18.2 Å². The second-order valence-electron chi connectivity index (χ2n) is 7.96. The summed E-state index contributed by atoms with van der Waals surface area (Å²) < 4.78 is 29.9. The predicted octanol–water partition coefficient (Wildman–Crippen LogP) is 3.41. The summed E-state index contributed by atoms with van der Waals surface area (Å²) in [4.78, 5) is 48.0. The summed E-state index contributed by atoms with van der Waals surface area (Å²) in [6, 6.07) is 3.65. The number of rotatable bonds is 13. The zero-order valence-corrected chi connectivity index (χ0v) is 21.1. The van der Waals surface area contributed by atoms with E-state index in [1.165, 1.54) is 19.2 Å². The Kier molecular flexibility index (Phi) is 12.6. The molecule has 0 unspecified atom stereocenters. The normalized spacial score (nSPS) is 11.7. The van der Waals surface area contributed by atoms with Crippen LogP contribution < -0.4 is 14.8 Å². The first-order valence-electron chi connectivity index (χ1n) is 11.4. The third-order valence-corrected chi connectivity index (χ3v) is 5.01. The van der Waals surface area contributed by atoms with E-state index in [1.54, 1.807) is 33.8 Å². The van der Waals surface area contributed by atoms with Gasteiger partial charge in [0.1, 0.15) is 12.6 Å². The molecule has 0 aliphatic heterocycles. The van der Waals surface area contributed by atoms with Crippen molar-refractivity contribution >= 4 is 24.2 Å². The molecule has 0 radical (unpaired) electrons. The molecular formula is C24H35NO10. The second-order valence-corrected chi connectivity index (χ2v) is 7.96. The molecular weight excluding hydrogens is 462 g/mol. The number of methoxy groups -OCH3 is 1. The van der Waals surface area contributed by atoms with Gasteiger partial charge in [-0.3, -0.25) is 9.59 Å². The van der Waals surface area contributed by atoms with Crippen LogP contribution in [0.5, 0.6) is 11.5 Å². The largest absolute Gasteiger partial charge is 0.513 e. The van der Waals surface area contributed by atoms with Crippen molar-refractivity contribution in [3.8, 4) is 11.5 Å². The molecule has 11 heteroatoms. The van der Waals surface area contributed by atoms with Crippen molar-refractivity contribution in [1.29, 1.82) is 0 Å². The maximum absolute atomic E-state index is 12.3. The first kappa shape index (κ1) is 29.7. The number of benzene rings is 1. The molecule has 0 spiro atoms. The maximum Gasteiger partial charge on any atom is 0.513 e. The lowest BCUT2D eigenvalue weighted by Crippen LogP contribution is -2.41. The van der Waals surface area contributed by atoms with Crippen molar-refractivity contribution in [3.63, 3.8) is 0 Å². The monoisotopic (exact) mass is 497 g/mol. The van der Waals surface area contributed by atoms with Crippen LogP contribution in [-0.2, 0) is 35.0 Å². The van der Waals surface area contributed by atoms with E-state index in [0.29, 0.717) is 12.0 Å². The predicted molar refractivity (Wildman–Crippen MR) is 124 cm³/mol. The van der Waals surface area contributed by atoms with Gasteiger partial charge in [-0.2, -0.15) is 0 Å². The number of carbonyl (C=O) groups is 4. The summed E-state index contributed by atoms with van der Waals surface area (Å²) in [5.41, 5.74) is -0.0303. The number of esters is 2. The molecule has 0 amide bonds. The molecule has 0 aliphatic carbocycles. The topological polar surface area (TPSA) is 136 Å². The molecule has 0 saturated carbocycles. The standard InChI is InChI=1S/C24H35NO10/c1-7-24(4,5)21(27)33-13-12-25-17(20(26)30-6)14-16-10-11-18(34-22(28)31-8-2)19(15-16)35-23(29)32-9-3/h10-11,15,17,25H,7-9,12-14H2,1-6H3/t17-/m0/s1. The Balaban J connectivity index is 2.95. The molecule has 0 fully saturated rings. The number of hydrogen-bond acceptors (Lipinski definition) is 11. The van der Waals surface area contributed by atoms with Crippen LogP contribution in [0.4, 0.5) is 9.59 Å². The maximum atomic E-state index is 12.3. The number of ether oxygens (including phenoxy) is 6. The van der Waals surface area contributed by atoms with E-state index in [9.17, 15) is 19.2 Å². The third-order valence-electron chi connectivity index (χ3n) is 5.01. The van der Waals surface area contributed by atoms with Crippen molar-refractivity contribution in [2.45, 2.75) is 53.5 Å². The molecule has 1 aromatic carbocycles. The van der Waals surface area contributed by atoms with E-state index in [0.717, 1.165) is 0 Å². The third kappa shape index (κ3) is 10.2. The molecule has 0 aromatic heterocycles. The molecule has 0 saturated heterocycles. The lowest BCUT2D eigenvalue weighted by molar-refractivity contribution is -0.154. The Bertz CT molecular complexity index is 868. The molecule has 1 atom stereocenters. The minimum absolute atomic E-state index is 0.0618. The number of hydrogen-bond donors (Lipinski definition) is 1. The Morgan fingerprint density at radius 1 is 0.914 bits per heavy atom. The van der Waals surface area contributed by atoms with Gasteiger partial charge in [0.2, 0.25) is 0 Å². The zero-order valence-electron chi connectivity index (χ0n) is 21.1. The highest BCUT2D eigenvalue weighted by molar-refractivity contribution is 5.77. The highest BCUT2D eigenvalue weighted by Crippen LogP contribution is 2.30. The fraction of sp³-hybridized carbons (Fsp3) is 0.583. The average molecular weight is 498 g/mol. The van der Waals surface area contributed by atoms with E-state index >= 15 is 0 Å². The van der Waals surface area contributed by atoms with Gasteiger partial charge in [-0.1, -0.05) is 13.0 Å². The van der Waals surface area contributed by atoms with Gasteiger partial charge in [0.05, 0.1) is 25.7 Å². The van der Waals surface area contributed by atoms with E-state index in [-0.39, 0.29) is 50.3 Å². The van der Waals surface area contributed by atoms with Crippen molar-refractivity contribution in [1.82, 2.24) is 5.32 Å². The van der Waals surface area contributed by atoms with Crippen LogP contribution in [0.3, 0.4) is 0 Å².